The number of hydrogen-bond donors (Lipinski definition) is 1. The zero-order chi connectivity index (χ0) is 16.9. The summed E-state index contributed by atoms with van der Waals surface area (Å²) >= 11 is 0. The summed E-state index contributed by atoms with van der Waals surface area (Å²) in [6, 6.07) is 3.29. The molecule has 1 N–H and O–H groups in total. The Bertz CT molecular complexity index is 611. The highest BCUT2D eigenvalue weighted by molar-refractivity contribution is 7.85. The number of aliphatic hydroxyl groups is 1. The molecule has 2 atom stereocenters. The number of rotatable bonds is 7. The van der Waals surface area contributed by atoms with Gasteiger partial charge in [0.2, 0.25) is 0 Å². The van der Waals surface area contributed by atoms with Gasteiger partial charge in [-0.1, -0.05) is 7.43 Å². The highest BCUT2D eigenvalue weighted by atomic mass is 32.2. The molecule has 7 nitrogen and oxygen atoms in total. The lowest BCUT2D eigenvalue weighted by Crippen LogP contribution is -2.29. The highest BCUT2D eigenvalue weighted by Gasteiger charge is 2.26. The van der Waals surface area contributed by atoms with Gasteiger partial charge in [-0.25, -0.2) is 0 Å². The molecule has 0 aromatic carbocycles. The van der Waals surface area contributed by atoms with Crippen molar-refractivity contribution in [3.8, 4) is 0 Å². The first-order valence-corrected chi connectivity index (χ1v) is 9.33. The van der Waals surface area contributed by atoms with Crippen molar-refractivity contribution >= 4 is 10.1 Å². The molecule has 138 valence electrons. The van der Waals surface area contributed by atoms with Crippen molar-refractivity contribution < 1.29 is 27.2 Å². The van der Waals surface area contributed by atoms with Crippen LogP contribution in [0.2, 0.25) is 0 Å². The summed E-state index contributed by atoms with van der Waals surface area (Å²) < 4.78 is 38.0. The van der Waals surface area contributed by atoms with Crippen LogP contribution in [0.25, 0.3) is 0 Å². The molecule has 1 fully saturated rings. The first kappa shape index (κ1) is 21.0. The summed E-state index contributed by atoms with van der Waals surface area (Å²) in [6.45, 7) is 2.10. The van der Waals surface area contributed by atoms with E-state index in [9.17, 15) is 13.5 Å². The summed E-state index contributed by atoms with van der Waals surface area (Å²) in [5, 5.41) is 10.4. The van der Waals surface area contributed by atoms with E-state index in [2.05, 4.69) is 4.98 Å². The Hall–Kier alpha value is -1.06. The second-order valence-corrected chi connectivity index (χ2v) is 7.53. The molecular formula is C16H27NO6S. The minimum absolute atomic E-state index is 0. The Morgan fingerprint density at radius 3 is 2.83 bits per heavy atom. The summed E-state index contributed by atoms with van der Waals surface area (Å²) in [5.74, 6) is 0. The molecule has 2 heterocycles. The van der Waals surface area contributed by atoms with Crippen LogP contribution in [0, 0.1) is 0 Å². The van der Waals surface area contributed by atoms with Gasteiger partial charge in [-0.2, -0.15) is 8.42 Å². The smallest absolute Gasteiger partial charge is 0.264 e. The predicted octanol–water partition coefficient (Wildman–Crippen LogP) is 1.94. The summed E-state index contributed by atoms with van der Waals surface area (Å²) in [4.78, 5) is 4.20. The van der Waals surface area contributed by atoms with Crippen molar-refractivity contribution in [2.45, 2.75) is 52.1 Å². The molecule has 0 saturated carbocycles. The molecule has 24 heavy (non-hydrogen) atoms. The van der Waals surface area contributed by atoms with Gasteiger partial charge in [0.05, 0.1) is 25.2 Å². The molecule has 1 saturated heterocycles. The zero-order valence-corrected chi connectivity index (χ0v) is 14.2. The molecule has 2 rings (SSSR count). The lowest BCUT2D eigenvalue weighted by molar-refractivity contribution is -0.169. The Kier molecular flexibility index (Phi) is 7.75. The van der Waals surface area contributed by atoms with Gasteiger partial charge in [-0.3, -0.25) is 9.17 Å². The second-order valence-electron chi connectivity index (χ2n) is 5.88. The van der Waals surface area contributed by atoms with Crippen LogP contribution in [0.3, 0.4) is 0 Å². The van der Waals surface area contributed by atoms with Gasteiger partial charge in [-0.15, -0.1) is 0 Å². The van der Waals surface area contributed by atoms with Gasteiger partial charge >= 0.3 is 0 Å². The predicted molar refractivity (Wildman–Crippen MR) is 89.7 cm³/mol. The molecule has 1 aliphatic rings. The van der Waals surface area contributed by atoms with Crippen LogP contribution >= 0.6 is 0 Å². The van der Waals surface area contributed by atoms with E-state index < -0.39 is 15.7 Å². The maximum absolute atomic E-state index is 11.1. The highest BCUT2D eigenvalue weighted by Crippen LogP contribution is 2.22. The molecule has 0 bridgehead atoms. The van der Waals surface area contributed by atoms with Crippen molar-refractivity contribution in [2.75, 3.05) is 19.5 Å². The normalized spacial score (nSPS) is 20.9. The lowest BCUT2D eigenvalue weighted by Gasteiger charge is -2.24. The van der Waals surface area contributed by atoms with E-state index in [1.165, 1.54) is 6.92 Å². The Morgan fingerprint density at radius 2 is 2.21 bits per heavy atom. The number of pyridine rings is 1. The molecule has 0 spiro atoms. The maximum atomic E-state index is 11.1. The molecule has 0 radical (unpaired) electrons. The van der Waals surface area contributed by atoms with Crippen LogP contribution in [0.5, 0.6) is 0 Å². The Labute approximate surface area is 144 Å². The molecule has 1 aliphatic heterocycles. The van der Waals surface area contributed by atoms with Gasteiger partial charge in [0.1, 0.15) is 5.60 Å². The van der Waals surface area contributed by atoms with Crippen molar-refractivity contribution in [3.05, 3.63) is 29.6 Å². The van der Waals surface area contributed by atoms with Crippen LogP contribution < -0.4 is 0 Å². The lowest BCUT2D eigenvalue weighted by atomic mass is 9.97. The van der Waals surface area contributed by atoms with Crippen molar-refractivity contribution in [1.29, 1.82) is 0 Å². The van der Waals surface area contributed by atoms with E-state index in [1.807, 2.05) is 0 Å². The Balaban J connectivity index is 0.00000288. The quantitative estimate of drug-likeness (QED) is 0.742. The maximum Gasteiger partial charge on any atom is 0.264 e. The van der Waals surface area contributed by atoms with Crippen molar-refractivity contribution in [3.63, 3.8) is 0 Å². The summed E-state index contributed by atoms with van der Waals surface area (Å²) in [6.07, 6.45) is 5.26. The largest absolute Gasteiger partial charge is 0.383 e. The number of ether oxygens (including phenoxy) is 2. The minimum atomic E-state index is -3.62. The zero-order valence-electron chi connectivity index (χ0n) is 13.4. The first-order valence-electron chi connectivity index (χ1n) is 7.52. The number of nitrogens with zero attached hydrogens (tertiary/aromatic N) is 1. The van der Waals surface area contributed by atoms with E-state index in [4.69, 9.17) is 13.7 Å². The van der Waals surface area contributed by atoms with Gasteiger partial charge in [0.25, 0.3) is 10.1 Å². The van der Waals surface area contributed by atoms with Gasteiger partial charge in [-0.05, 0) is 43.9 Å². The average Bonchev–Trinajstić information content (AvgIpc) is 2.52. The van der Waals surface area contributed by atoms with Crippen LogP contribution in [0.1, 0.15) is 44.9 Å². The van der Waals surface area contributed by atoms with E-state index >= 15 is 0 Å². The first-order chi connectivity index (χ1) is 10.8. The minimum Gasteiger partial charge on any atom is -0.383 e. The summed E-state index contributed by atoms with van der Waals surface area (Å²) in [7, 11) is -3.62. The van der Waals surface area contributed by atoms with Crippen LogP contribution in [0.15, 0.2) is 18.3 Å². The third-order valence-electron chi connectivity index (χ3n) is 3.55. The topological polar surface area (TPSA) is 95.0 Å². The standard InChI is InChI=1S/C15H23NO6S.CH4/c1-15(17,11-22-23(2,18)19)12-6-7-16-13(9-12)10-21-14-5-3-4-8-20-14;/h6-7,9,14,17H,3-5,8,10-11H2,1-2H3;1H4/t14?,15-;/m1./s1. The van der Waals surface area contributed by atoms with Gasteiger partial charge in [0.15, 0.2) is 6.29 Å². The fourth-order valence-corrected chi connectivity index (χ4v) is 2.66. The van der Waals surface area contributed by atoms with E-state index in [-0.39, 0.29) is 26.9 Å². The van der Waals surface area contributed by atoms with Gasteiger partial charge < -0.3 is 14.6 Å². The summed E-state index contributed by atoms with van der Waals surface area (Å²) in [5.41, 5.74) is -0.294. The average molecular weight is 361 g/mol. The Morgan fingerprint density at radius 1 is 1.46 bits per heavy atom. The number of hydrogen-bond acceptors (Lipinski definition) is 7. The third kappa shape index (κ3) is 6.82. The molecule has 1 aromatic heterocycles. The van der Waals surface area contributed by atoms with Crippen molar-refractivity contribution in [2.24, 2.45) is 0 Å². The molecule has 1 aromatic rings. The van der Waals surface area contributed by atoms with Crippen LogP contribution in [0.4, 0.5) is 0 Å². The van der Waals surface area contributed by atoms with E-state index in [0.717, 1.165) is 25.5 Å². The molecule has 0 aliphatic carbocycles. The SMILES string of the molecule is C.C[C@@](O)(COS(C)(=O)=O)c1ccnc(COC2CCCCO2)c1. The molecule has 8 heteroatoms. The van der Waals surface area contributed by atoms with Gasteiger partial charge in [0, 0.05) is 12.8 Å². The van der Waals surface area contributed by atoms with E-state index in [1.54, 1.807) is 18.3 Å². The van der Waals surface area contributed by atoms with E-state index in [0.29, 0.717) is 17.9 Å². The fraction of sp³-hybridized carbons (Fsp3) is 0.688. The monoisotopic (exact) mass is 361 g/mol. The van der Waals surface area contributed by atoms with Crippen LogP contribution in [-0.2, 0) is 36.0 Å². The molecule has 1 unspecified atom stereocenters. The third-order valence-corrected chi connectivity index (χ3v) is 4.09. The second kappa shape index (κ2) is 8.87. The fourth-order valence-electron chi connectivity index (χ4n) is 2.22. The molecule has 0 amide bonds. The van der Waals surface area contributed by atoms with Crippen LogP contribution in [-0.4, -0.2) is 44.3 Å². The van der Waals surface area contributed by atoms with Crippen molar-refractivity contribution in [1.82, 2.24) is 4.98 Å². The molecular weight excluding hydrogens is 334 g/mol. The number of aromatic nitrogens is 1.